The van der Waals surface area contributed by atoms with Crippen LogP contribution in [-0.2, 0) is 24.2 Å². The first-order valence-corrected chi connectivity index (χ1v) is 10.9. The quantitative estimate of drug-likeness (QED) is 0.440. The summed E-state index contributed by atoms with van der Waals surface area (Å²) < 4.78 is 28.0. The summed E-state index contributed by atoms with van der Waals surface area (Å²) >= 11 is 0. The first-order valence-electron chi connectivity index (χ1n) is 9.05. The van der Waals surface area contributed by atoms with E-state index in [9.17, 15) is 23.3 Å². The lowest BCUT2D eigenvalue weighted by molar-refractivity contribution is -0.150. The van der Waals surface area contributed by atoms with Crippen LogP contribution in [0.5, 0.6) is 0 Å². The molecule has 0 radical (unpaired) electrons. The molecule has 1 N–H and O–H groups in total. The first-order chi connectivity index (χ1) is 13.1. The highest BCUT2D eigenvalue weighted by atomic mass is 32.2. The third kappa shape index (κ3) is 5.92. The molecule has 1 aromatic carbocycles. The van der Waals surface area contributed by atoms with E-state index in [1.165, 1.54) is 13.0 Å². The second-order valence-corrected chi connectivity index (χ2v) is 9.38. The molecule has 150 valence electrons. The summed E-state index contributed by atoms with van der Waals surface area (Å²) in [5, 5.41) is 11.8. The van der Waals surface area contributed by atoms with Gasteiger partial charge in [-0.2, -0.15) is 5.26 Å². The Kier molecular flexibility index (Phi) is 6.97. The van der Waals surface area contributed by atoms with Crippen molar-refractivity contribution in [2.75, 3.05) is 11.5 Å². The van der Waals surface area contributed by atoms with E-state index in [2.05, 4.69) is 19.2 Å². The molecule has 0 saturated carbocycles. The molecule has 1 amide bonds. The number of hydrogen-bond acceptors (Lipinski definition) is 6. The minimum absolute atomic E-state index is 0.0308. The van der Waals surface area contributed by atoms with E-state index in [0.29, 0.717) is 17.9 Å². The van der Waals surface area contributed by atoms with E-state index in [1.54, 1.807) is 18.2 Å². The molecule has 2 rings (SSSR count). The van der Waals surface area contributed by atoms with Gasteiger partial charge >= 0.3 is 5.97 Å². The highest BCUT2D eigenvalue weighted by Gasteiger charge is 2.31. The number of nitrogens with zero attached hydrogens (tertiary/aromatic N) is 1. The molecule has 0 bridgehead atoms. The van der Waals surface area contributed by atoms with Crippen molar-refractivity contribution < 1.29 is 22.7 Å². The van der Waals surface area contributed by atoms with E-state index >= 15 is 0 Å². The number of nitrogens with one attached hydrogen (secondary N) is 1. The fourth-order valence-corrected chi connectivity index (χ4v) is 4.46. The predicted octanol–water partition coefficient (Wildman–Crippen LogP) is 1.95. The van der Waals surface area contributed by atoms with Crippen LogP contribution >= 0.6 is 0 Å². The van der Waals surface area contributed by atoms with Crippen molar-refractivity contribution in [3.8, 4) is 6.07 Å². The molecule has 1 fully saturated rings. The van der Waals surface area contributed by atoms with E-state index < -0.39 is 33.9 Å². The van der Waals surface area contributed by atoms with Gasteiger partial charge in [-0.3, -0.25) is 4.79 Å². The zero-order valence-corrected chi connectivity index (χ0v) is 17.0. The Balaban J connectivity index is 1.98. The Hall–Kier alpha value is -2.66. The van der Waals surface area contributed by atoms with Crippen molar-refractivity contribution in [1.82, 2.24) is 5.32 Å². The van der Waals surface area contributed by atoms with Gasteiger partial charge in [0.1, 0.15) is 11.6 Å². The predicted molar refractivity (Wildman–Crippen MR) is 105 cm³/mol. The molecule has 0 spiro atoms. The number of nitriles is 1. The van der Waals surface area contributed by atoms with Gasteiger partial charge in [0.05, 0.1) is 11.5 Å². The summed E-state index contributed by atoms with van der Waals surface area (Å²) in [7, 11) is -3.13. The van der Waals surface area contributed by atoms with Gasteiger partial charge in [-0.15, -0.1) is 0 Å². The average Bonchev–Trinajstić information content (AvgIpc) is 2.98. The van der Waals surface area contributed by atoms with Crippen molar-refractivity contribution >= 4 is 27.8 Å². The number of hydrogen-bond donors (Lipinski definition) is 1. The van der Waals surface area contributed by atoms with Crippen molar-refractivity contribution in [2.24, 2.45) is 0 Å². The van der Waals surface area contributed by atoms with E-state index in [1.807, 2.05) is 12.1 Å². The summed E-state index contributed by atoms with van der Waals surface area (Å²) in [5.74, 6) is -1.21. The van der Waals surface area contributed by atoms with Crippen LogP contribution in [0.4, 0.5) is 0 Å². The van der Waals surface area contributed by atoms with E-state index in [-0.39, 0.29) is 17.1 Å². The van der Waals surface area contributed by atoms with Gasteiger partial charge in [-0.1, -0.05) is 38.1 Å². The Morgan fingerprint density at radius 3 is 2.39 bits per heavy atom. The summed E-state index contributed by atoms with van der Waals surface area (Å²) in [5.41, 5.74) is 1.59. The molecule has 1 saturated heterocycles. The standard InChI is InChI=1S/C20H24N2O5S/c1-13(2)16-6-4-15(5-7-16)10-17(11-21)20(24)27-14(3)19(23)22-18-8-9-28(25,26)12-18/h4-7,10,13-14,18H,8-9,12H2,1-3H3,(H,22,23)/b17-10+/t14-,18+/m1/s1. The highest BCUT2D eigenvalue weighted by Crippen LogP contribution is 2.17. The second-order valence-electron chi connectivity index (χ2n) is 7.15. The summed E-state index contributed by atoms with van der Waals surface area (Å²) in [6.45, 7) is 5.51. The zero-order chi connectivity index (χ0) is 20.9. The Bertz CT molecular complexity index is 911. The summed E-state index contributed by atoms with van der Waals surface area (Å²) in [4.78, 5) is 24.4. The van der Waals surface area contributed by atoms with Gasteiger partial charge < -0.3 is 10.1 Å². The number of ether oxygens (including phenoxy) is 1. The first kappa shape index (κ1) is 21.6. The van der Waals surface area contributed by atoms with E-state index in [0.717, 1.165) is 5.56 Å². The molecule has 1 aliphatic rings. The van der Waals surface area contributed by atoms with Crippen LogP contribution < -0.4 is 5.32 Å². The smallest absolute Gasteiger partial charge is 0.349 e. The zero-order valence-electron chi connectivity index (χ0n) is 16.1. The molecular formula is C20H24N2O5S. The fraction of sp³-hybridized carbons (Fsp3) is 0.450. The van der Waals surface area contributed by atoms with Crippen molar-refractivity contribution in [1.29, 1.82) is 5.26 Å². The van der Waals surface area contributed by atoms with Gasteiger partial charge in [0.25, 0.3) is 5.91 Å². The van der Waals surface area contributed by atoms with Gasteiger partial charge in [-0.25, -0.2) is 13.2 Å². The topological polar surface area (TPSA) is 113 Å². The molecule has 28 heavy (non-hydrogen) atoms. The Morgan fingerprint density at radius 2 is 1.89 bits per heavy atom. The molecule has 0 aromatic heterocycles. The monoisotopic (exact) mass is 404 g/mol. The van der Waals surface area contributed by atoms with Gasteiger partial charge in [-0.05, 0) is 36.5 Å². The van der Waals surface area contributed by atoms with Crippen LogP contribution in [0.3, 0.4) is 0 Å². The lowest BCUT2D eigenvalue weighted by Gasteiger charge is -2.16. The summed E-state index contributed by atoms with van der Waals surface area (Å²) in [6, 6.07) is 8.75. The highest BCUT2D eigenvalue weighted by molar-refractivity contribution is 7.91. The minimum atomic E-state index is -3.13. The van der Waals surface area contributed by atoms with Crippen LogP contribution in [0, 0.1) is 11.3 Å². The van der Waals surface area contributed by atoms with Crippen LogP contribution in [0.25, 0.3) is 6.08 Å². The third-order valence-electron chi connectivity index (χ3n) is 4.49. The molecule has 0 unspecified atom stereocenters. The van der Waals surface area contributed by atoms with Crippen molar-refractivity contribution in [2.45, 2.75) is 45.3 Å². The minimum Gasteiger partial charge on any atom is -0.448 e. The van der Waals surface area contributed by atoms with Crippen molar-refractivity contribution in [3.05, 3.63) is 41.0 Å². The van der Waals surface area contributed by atoms with Crippen LogP contribution in [0.15, 0.2) is 29.8 Å². The molecule has 1 aromatic rings. The van der Waals surface area contributed by atoms with Gasteiger partial charge in [0.15, 0.2) is 15.9 Å². The fourth-order valence-electron chi connectivity index (χ4n) is 2.79. The maximum absolute atomic E-state index is 12.2. The molecule has 1 aliphatic heterocycles. The maximum atomic E-state index is 12.2. The van der Waals surface area contributed by atoms with Crippen LogP contribution in [0.1, 0.15) is 44.2 Å². The normalized spacial score (nSPS) is 19.7. The third-order valence-corrected chi connectivity index (χ3v) is 6.25. The van der Waals surface area contributed by atoms with Crippen molar-refractivity contribution in [3.63, 3.8) is 0 Å². The largest absolute Gasteiger partial charge is 0.448 e. The number of benzene rings is 1. The molecular weight excluding hydrogens is 380 g/mol. The molecule has 1 heterocycles. The van der Waals surface area contributed by atoms with Crippen LogP contribution in [-0.4, -0.2) is 43.9 Å². The Labute approximate surface area is 165 Å². The molecule has 7 nitrogen and oxygen atoms in total. The molecule has 0 aliphatic carbocycles. The van der Waals surface area contributed by atoms with E-state index in [4.69, 9.17) is 4.74 Å². The number of esters is 1. The average molecular weight is 404 g/mol. The second kappa shape index (κ2) is 9.02. The lowest BCUT2D eigenvalue weighted by Crippen LogP contribution is -2.42. The SMILES string of the molecule is CC(C)c1ccc(/C=C(\C#N)C(=O)O[C@H](C)C(=O)N[C@H]2CCS(=O)(=O)C2)cc1. The number of sulfone groups is 1. The molecule has 2 atom stereocenters. The molecule has 8 heteroatoms. The van der Waals surface area contributed by atoms with Crippen LogP contribution in [0.2, 0.25) is 0 Å². The number of carbonyl (C=O) groups is 2. The number of rotatable bonds is 6. The number of carbonyl (C=O) groups excluding carboxylic acids is 2. The Morgan fingerprint density at radius 1 is 1.25 bits per heavy atom. The van der Waals surface area contributed by atoms with Gasteiger partial charge in [0.2, 0.25) is 0 Å². The van der Waals surface area contributed by atoms with Gasteiger partial charge in [0, 0.05) is 6.04 Å². The maximum Gasteiger partial charge on any atom is 0.349 e. The number of amides is 1. The lowest BCUT2D eigenvalue weighted by atomic mass is 10.0. The summed E-state index contributed by atoms with van der Waals surface area (Å²) in [6.07, 6.45) is 0.598.